The van der Waals surface area contributed by atoms with E-state index >= 15 is 0 Å². The second kappa shape index (κ2) is 6.57. The molecule has 0 saturated carbocycles. The van der Waals surface area contributed by atoms with E-state index in [-0.39, 0.29) is 23.8 Å². The number of hydrogen-bond donors (Lipinski definition) is 1. The number of methoxy groups -OCH3 is 1. The minimum absolute atomic E-state index is 0.0958. The Morgan fingerprint density at radius 3 is 2.53 bits per heavy atom. The summed E-state index contributed by atoms with van der Waals surface area (Å²) < 4.78 is 24.2. The Bertz CT molecular complexity index is 355. The lowest BCUT2D eigenvalue weighted by Gasteiger charge is -2.21. The first-order chi connectivity index (χ1) is 8.08. The van der Waals surface area contributed by atoms with Gasteiger partial charge < -0.3 is 14.8 Å². The SMILES string of the molecule is CNCC(OC(C)C)c1ccc(OC)c(F)c1. The molecule has 0 fully saturated rings. The third kappa shape index (κ3) is 3.98. The van der Waals surface area contributed by atoms with E-state index in [4.69, 9.17) is 9.47 Å². The van der Waals surface area contributed by atoms with Crippen molar-refractivity contribution < 1.29 is 13.9 Å². The van der Waals surface area contributed by atoms with Crippen LogP contribution >= 0.6 is 0 Å². The molecule has 96 valence electrons. The number of likely N-dealkylation sites (N-methyl/N-ethyl adjacent to an activating group) is 1. The van der Waals surface area contributed by atoms with Gasteiger partial charge in [-0.2, -0.15) is 0 Å². The van der Waals surface area contributed by atoms with Crippen molar-refractivity contribution in [2.45, 2.75) is 26.1 Å². The molecule has 0 amide bonds. The number of hydrogen-bond acceptors (Lipinski definition) is 3. The van der Waals surface area contributed by atoms with E-state index in [1.807, 2.05) is 27.0 Å². The fraction of sp³-hybridized carbons (Fsp3) is 0.538. The Morgan fingerprint density at radius 2 is 2.06 bits per heavy atom. The minimum Gasteiger partial charge on any atom is -0.494 e. The van der Waals surface area contributed by atoms with Crippen molar-refractivity contribution in [1.82, 2.24) is 5.32 Å². The second-order valence-electron chi connectivity index (χ2n) is 4.13. The van der Waals surface area contributed by atoms with Crippen LogP contribution in [0.3, 0.4) is 0 Å². The molecule has 1 aromatic rings. The highest BCUT2D eigenvalue weighted by Gasteiger charge is 2.15. The Labute approximate surface area is 102 Å². The maximum Gasteiger partial charge on any atom is 0.165 e. The molecule has 1 unspecified atom stereocenters. The summed E-state index contributed by atoms with van der Waals surface area (Å²) in [4.78, 5) is 0. The average molecular weight is 241 g/mol. The Morgan fingerprint density at radius 1 is 1.35 bits per heavy atom. The fourth-order valence-electron chi connectivity index (χ4n) is 1.64. The van der Waals surface area contributed by atoms with Crippen molar-refractivity contribution in [3.05, 3.63) is 29.6 Å². The lowest BCUT2D eigenvalue weighted by molar-refractivity contribution is 0.00795. The van der Waals surface area contributed by atoms with Crippen LogP contribution in [0.15, 0.2) is 18.2 Å². The molecule has 0 aliphatic carbocycles. The molecule has 0 aliphatic rings. The molecule has 0 aliphatic heterocycles. The van der Waals surface area contributed by atoms with E-state index in [9.17, 15) is 4.39 Å². The monoisotopic (exact) mass is 241 g/mol. The average Bonchev–Trinajstić information content (AvgIpc) is 2.28. The molecule has 17 heavy (non-hydrogen) atoms. The van der Waals surface area contributed by atoms with Crippen molar-refractivity contribution in [2.75, 3.05) is 20.7 Å². The minimum atomic E-state index is -0.363. The van der Waals surface area contributed by atoms with Gasteiger partial charge in [0.1, 0.15) is 0 Å². The van der Waals surface area contributed by atoms with Gasteiger partial charge in [-0.3, -0.25) is 0 Å². The van der Waals surface area contributed by atoms with Crippen molar-refractivity contribution >= 4 is 0 Å². The first-order valence-corrected chi connectivity index (χ1v) is 5.72. The molecule has 1 N–H and O–H groups in total. The van der Waals surface area contributed by atoms with Crippen LogP contribution in [0, 0.1) is 5.82 Å². The van der Waals surface area contributed by atoms with Crippen LogP contribution in [0.25, 0.3) is 0 Å². The third-order valence-electron chi connectivity index (χ3n) is 2.37. The first kappa shape index (κ1) is 13.9. The maximum atomic E-state index is 13.6. The van der Waals surface area contributed by atoms with E-state index in [0.717, 1.165) is 5.56 Å². The molecule has 1 aromatic carbocycles. The molecule has 3 nitrogen and oxygen atoms in total. The van der Waals surface area contributed by atoms with Crippen LogP contribution in [0.2, 0.25) is 0 Å². The number of halogens is 1. The zero-order valence-corrected chi connectivity index (χ0v) is 10.8. The Kier molecular flexibility index (Phi) is 5.38. The Balaban J connectivity index is 2.89. The lowest BCUT2D eigenvalue weighted by Crippen LogP contribution is -2.22. The van der Waals surface area contributed by atoms with Gasteiger partial charge in [-0.1, -0.05) is 6.07 Å². The molecular weight excluding hydrogens is 221 g/mol. The summed E-state index contributed by atoms with van der Waals surface area (Å²) in [6, 6.07) is 4.91. The number of benzene rings is 1. The summed E-state index contributed by atoms with van der Waals surface area (Å²) in [5.41, 5.74) is 0.811. The van der Waals surface area contributed by atoms with Crippen LogP contribution < -0.4 is 10.1 Å². The standard InChI is InChI=1S/C13H20FNO2/c1-9(2)17-13(8-15-3)10-5-6-12(16-4)11(14)7-10/h5-7,9,13,15H,8H2,1-4H3. The molecule has 0 heterocycles. The highest BCUT2D eigenvalue weighted by Crippen LogP contribution is 2.24. The van der Waals surface area contributed by atoms with Crippen LogP contribution in [0.4, 0.5) is 4.39 Å². The summed E-state index contributed by atoms with van der Waals surface area (Å²) in [5.74, 6) is -0.111. The quantitative estimate of drug-likeness (QED) is 0.830. The van der Waals surface area contributed by atoms with E-state index < -0.39 is 0 Å². The van der Waals surface area contributed by atoms with Gasteiger partial charge in [0.2, 0.25) is 0 Å². The van der Waals surface area contributed by atoms with Gasteiger partial charge in [-0.25, -0.2) is 4.39 Å². The maximum absolute atomic E-state index is 13.6. The molecule has 1 rings (SSSR count). The zero-order valence-electron chi connectivity index (χ0n) is 10.8. The highest BCUT2D eigenvalue weighted by molar-refractivity contribution is 5.30. The summed E-state index contributed by atoms with van der Waals surface area (Å²) in [5, 5.41) is 3.04. The van der Waals surface area contributed by atoms with E-state index in [1.54, 1.807) is 6.07 Å². The molecular formula is C13H20FNO2. The number of ether oxygens (including phenoxy) is 2. The highest BCUT2D eigenvalue weighted by atomic mass is 19.1. The van der Waals surface area contributed by atoms with Crippen molar-refractivity contribution in [3.8, 4) is 5.75 Å². The molecule has 0 bridgehead atoms. The summed E-state index contributed by atoms with van der Waals surface area (Å²) in [6.07, 6.45) is -0.0566. The Hall–Kier alpha value is -1.13. The van der Waals surface area contributed by atoms with Gasteiger partial charge in [0.25, 0.3) is 0 Å². The van der Waals surface area contributed by atoms with E-state index in [1.165, 1.54) is 13.2 Å². The fourth-order valence-corrected chi connectivity index (χ4v) is 1.64. The van der Waals surface area contributed by atoms with Crippen molar-refractivity contribution in [1.29, 1.82) is 0 Å². The molecule has 0 radical (unpaired) electrons. The smallest absolute Gasteiger partial charge is 0.165 e. The van der Waals surface area contributed by atoms with E-state index in [0.29, 0.717) is 6.54 Å². The summed E-state index contributed by atoms with van der Waals surface area (Å²) >= 11 is 0. The largest absolute Gasteiger partial charge is 0.494 e. The normalized spacial score (nSPS) is 12.8. The molecule has 4 heteroatoms. The second-order valence-corrected chi connectivity index (χ2v) is 4.13. The molecule has 0 aromatic heterocycles. The predicted molar refractivity (Wildman–Crippen MR) is 65.8 cm³/mol. The van der Waals surface area contributed by atoms with Gasteiger partial charge in [0.05, 0.1) is 19.3 Å². The van der Waals surface area contributed by atoms with Crippen LogP contribution in [0.5, 0.6) is 5.75 Å². The summed E-state index contributed by atoms with van der Waals surface area (Å²) in [6.45, 7) is 4.56. The van der Waals surface area contributed by atoms with Crippen LogP contribution in [-0.4, -0.2) is 26.8 Å². The predicted octanol–water partition coefficient (Wildman–Crippen LogP) is 2.52. The molecule has 0 saturated heterocycles. The number of nitrogens with one attached hydrogen (secondary N) is 1. The number of rotatable bonds is 6. The lowest BCUT2D eigenvalue weighted by atomic mass is 10.1. The van der Waals surface area contributed by atoms with Crippen LogP contribution in [0.1, 0.15) is 25.5 Å². The topological polar surface area (TPSA) is 30.5 Å². The zero-order chi connectivity index (χ0) is 12.8. The summed E-state index contributed by atoms with van der Waals surface area (Å²) in [7, 11) is 3.30. The van der Waals surface area contributed by atoms with Crippen molar-refractivity contribution in [2.24, 2.45) is 0 Å². The molecule has 1 atom stereocenters. The van der Waals surface area contributed by atoms with E-state index in [2.05, 4.69) is 5.32 Å². The third-order valence-corrected chi connectivity index (χ3v) is 2.37. The first-order valence-electron chi connectivity index (χ1n) is 5.72. The van der Waals surface area contributed by atoms with Gasteiger partial charge in [0, 0.05) is 6.54 Å². The van der Waals surface area contributed by atoms with Gasteiger partial charge >= 0.3 is 0 Å². The molecule has 0 spiro atoms. The van der Waals surface area contributed by atoms with Crippen molar-refractivity contribution in [3.63, 3.8) is 0 Å². The van der Waals surface area contributed by atoms with Gasteiger partial charge in [0.15, 0.2) is 11.6 Å². The van der Waals surface area contributed by atoms with Gasteiger partial charge in [-0.15, -0.1) is 0 Å². The van der Waals surface area contributed by atoms with Crippen LogP contribution in [-0.2, 0) is 4.74 Å². The van der Waals surface area contributed by atoms with Gasteiger partial charge in [-0.05, 0) is 38.6 Å².